The number of pyridine rings is 1. The van der Waals surface area contributed by atoms with Gasteiger partial charge in [0, 0.05) is 18.9 Å². The summed E-state index contributed by atoms with van der Waals surface area (Å²) in [7, 11) is 0. The Morgan fingerprint density at radius 3 is 2.56 bits per heavy atom. The number of nitrogens with one attached hydrogen (secondary N) is 1. The molecular formula is C13H18N2O3. The minimum Gasteiger partial charge on any atom is -0.481 e. The van der Waals surface area contributed by atoms with E-state index in [2.05, 4.69) is 10.3 Å². The summed E-state index contributed by atoms with van der Waals surface area (Å²) in [5.41, 5.74) is 1.34. The fourth-order valence-electron chi connectivity index (χ4n) is 1.59. The second-order valence-electron chi connectivity index (χ2n) is 4.65. The molecule has 2 N–H and O–H groups in total. The highest BCUT2D eigenvalue weighted by atomic mass is 16.4. The molecule has 5 heteroatoms. The van der Waals surface area contributed by atoms with Crippen molar-refractivity contribution in [3.63, 3.8) is 0 Å². The zero-order valence-corrected chi connectivity index (χ0v) is 10.8. The maximum atomic E-state index is 11.8. The van der Waals surface area contributed by atoms with Gasteiger partial charge in [-0.1, -0.05) is 13.8 Å². The highest BCUT2D eigenvalue weighted by Gasteiger charge is 2.22. The van der Waals surface area contributed by atoms with E-state index in [-0.39, 0.29) is 18.4 Å². The van der Waals surface area contributed by atoms with Crippen molar-refractivity contribution in [3.8, 4) is 0 Å². The Kier molecular flexibility index (Phi) is 4.83. The Morgan fingerprint density at radius 2 is 2.06 bits per heavy atom. The van der Waals surface area contributed by atoms with E-state index in [1.807, 2.05) is 20.8 Å². The third-order valence-electron chi connectivity index (χ3n) is 2.74. The maximum absolute atomic E-state index is 11.8. The van der Waals surface area contributed by atoms with E-state index in [9.17, 15) is 9.59 Å². The first-order valence-electron chi connectivity index (χ1n) is 5.84. The molecule has 1 rings (SSSR count). The van der Waals surface area contributed by atoms with Crippen LogP contribution in [-0.2, 0) is 4.79 Å². The van der Waals surface area contributed by atoms with Gasteiger partial charge in [-0.3, -0.25) is 14.6 Å². The maximum Gasteiger partial charge on any atom is 0.308 e. The van der Waals surface area contributed by atoms with Gasteiger partial charge in [-0.15, -0.1) is 0 Å². The Balaban J connectivity index is 2.63. The number of nitrogens with zero attached hydrogens (tertiary/aromatic N) is 1. The molecule has 0 saturated heterocycles. The van der Waals surface area contributed by atoms with Crippen LogP contribution in [0.5, 0.6) is 0 Å². The van der Waals surface area contributed by atoms with Crippen molar-refractivity contribution < 1.29 is 14.7 Å². The van der Waals surface area contributed by atoms with Crippen molar-refractivity contribution in [1.82, 2.24) is 10.3 Å². The molecule has 18 heavy (non-hydrogen) atoms. The lowest BCUT2D eigenvalue weighted by Gasteiger charge is -2.16. The van der Waals surface area contributed by atoms with Crippen molar-refractivity contribution in [3.05, 3.63) is 29.6 Å². The Morgan fingerprint density at radius 1 is 1.39 bits per heavy atom. The topological polar surface area (TPSA) is 79.3 Å². The normalized spacial score (nSPS) is 12.2. The van der Waals surface area contributed by atoms with Gasteiger partial charge < -0.3 is 10.4 Å². The molecule has 1 aromatic rings. The molecule has 0 aliphatic carbocycles. The average molecular weight is 250 g/mol. The molecule has 0 aromatic carbocycles. The van der Waals surface area contributed by atoms with Crippen LogP contribution in [0.1, 0.15) is 29.8 Å². The number of carbonyl (C=O) groups excluding carboxylic acids is 1. The van der Waals surface area contributed by atoms with Gasteiger partial charge in [0.1, 0.15) is 0 Å². The lowest BCUT2D eigenvalue weighted by molar-refractivity contribution is -0.142. The number of amides is 1. The predicted molar refractivity (Wildman–Crippen MR) is 67.3 cm³/mol. The molecule has 1 heterocycles. The molecule has 1 aromatic heterocycles. The lowest BCUT2D eigenvalue weighted by Crippen LogP contribution is -2.35. The van der Waals surface area contributed by atoms with E-state index in [4.69, 9.17) is 5.11 Å². The highest BCUT2D eigenvalue weighted by Crippen LogP contribution is 2.10. The zero-order chi connectivity index (χ0) is 13.7. The van der Waals surface area contributed by atoms with Crippen LogP contribution in [0.4, 0.5) is 0 Å². The molecule has 98 valence electrons. The van der Waals surface area contributed by atoms with Gasteiger partial charge in [-0.25, -0.2) is 0 Å². The molecule has 5 nitrogen and oxygen atoms in total. The summed E-state index contributed by atoms with van der Waals surface area (Å²) >= 11 is 0. The number of hydrogen-bond donors (Lipinski definition) is 2. The average Bonchev–Trinajstić information content (AvgIpc) is 2.28. The summed E-state index contributed by atoms with van der Waals surface area (Å²) in [5.74, 6) is -1.80. The van der Waals surface area contributed by atoms with Gasteiger partial charge in [0.15, 0.2) is 0 Å². The van der Waals surface area contributed by atoms with E-state index in [0.717, 1.165) is 5.56 Å². The van der Waals surface area contributed by atoms with Crippen LogP contribution in [0.25, 0.3) is 0 Å². The summed E-state index contributed by atoms with van der Waals surface area (Å²) in [5, 5.41) is 11.6. The Bertz CT molecular complexity index is 444. The second-order valence-corrected chi connectivity index (χ2v) is 4.65. The van der Waals surface area contributed by atoms with Crippen molar-refractivity contribution in [2.75, 3.05) is 6.54 Å². The molecule has 0 spiro atoms. The standard InChI is InChI=1S/C13H18N2O3/c1-8(2)11(13(17)18)7-15-12(16)10-4-9(3)5-14-6-10/h4-6,8,11H,7H2,1-3H3,(H,15,16)(H,17,18). The first kappa shape index (κ1) is 14.2. The molecule has 1 atom stereocenters. The third-order valence-corrected chi connectivity index (χ3v) is 2.74. The predicted octanol–water partition coefficient (Wildman–Crippen LogP) is 1.48. The number of aromatic nitrogens is 1. The number of aryl methyl sites for hydroxylation is 1. The van der Waals surface area contributed by atoms with Crippen LogP contribution in [0.15, 0.2) is 18.5 Å². The molecule has 0 bridgehead atoms. The van der Waals surface area contributed by atoms with Gasteiger partial charge in [-0.2, -0.15) is 0 Å². The number of carboxylic acids is 1. The monoisotopic (exact) mass is 250 g/mol. The fourth-order valence-corrected chi connectivity index (χ4v) is 1.59. The van der Waals surface area contributed by atoms with Crippen molar-refractivity contribution >= 4 is 11.9 Å². The summed E-state index contributed by atoms with van der Waals surface area (Å²) < 4.78 is 0. The van der Waals surface area contributed by atoms with Gasteiger partial charge in [0.25, 0.3) is 5.91 Å². The Hall–Kier alpha value is -1.91. The highest BCUT2D eigenvalue weighted by molar-refractivity contribution is 5.94. The molecule has 0 fully saturated rings. The van der Waals surface area contributed by atoms with Crippen molar-refractivity contribution in [1.29, 1.82) is 0 Å². The lowest BCUT2D eigenvalue weighted by atomic mass is 9.96. The largest absolute Gasteiger partial charge is 0.481 e. The van der Waals surface area contributed by atoms with E-state index in [0.29, 0.717) is 5.56 Å². The summed E-state index contributed by atoms with van der Waals surface area (Å²) in [6.07, 6.45) is 3.12. The van der Waals surface area contributed by atoms with Crippen LogP contribution < -0.4 is 5.32 Å². The van der Waals surface area contributed by atoms with Gasteiger partial charge in [0.2, 0.25) is 0 Å². The number of carbonyl (C=O) groups is 2. The summed E-state index contributed by atoms with van der Waals surface area (Å²) in [6.45, 7) is 5.61. The van der Waals surface area contributed by atoms with Crippen molar-refractivity contribution in [2.45, 2.75) is 20.8 Å². The van der Waals surface area contributed by atoms with Gasteiger partial charge in [-0.05, 0) is 24.5 Å². The molecule has 0 aliphatic heterocycles. The van der Waals surface area contributed by atoms with Crippen LogP contribution in [0.3, 0.4) is 0 Å². The van der Waals surface area contributed by atoms with Crippen LogP contribution >= 0.6 is 0 Å². The smallest absolute Gasteiger partial charge is 0.308 e. The molecule has 0 aliphatic rings. The molecule has 0 radical (unpaired) electrons. The van der Waals surface area contributed by atoms with E-state index in [1.165, 1.54) is 6.20 Å². The van der Waals surface area contributed by atoms with E-state index < -0.39 is 11.9 Å². The first-order chi connectivity index (χ1) is 8.41. The molecule has 1 unspecified atom stereocenters. The third kappa shape index (κ3) is 3.84. The molecule has 1 amide bonds. The SMILES string of the molecule is Cc1cncc(C(=O)NCC(C(=O)O)C(C)C)c1. The summed E-state index contributed by atoms with van der Waals surface area (Å²) in [6, 6.07) is 1.72. The number of rotatable bonds is 5. The van der Waals surface area contributed by atoms with E-state index in [1.54, 1.807) is 12.3 Å². The fraction of sp³-hybridized carbons (Fsp3) is 0.462. The van der Waals surface area contributed by atoms with Crippen LogP contribution in [0.2, 0.25) is 0 Å². The van der Waals surface area contributed by atoms with Gasteiger partial charge in [0.05, 0.1) is 11.5 Å². The minimum atomic E-state index is -0.896. The van der Waals surface area contributed by atoms with Crippen LogP contribution in [0, 0.1) is 18.8 Å². The second kappa shape index (κ2) is 6.14. The minimum absolute atomic E-state index is 0.0292. The van der Waals surface area contributed by atoms with E-state index >= 15 is 0 Å². The number of carboxylic acid groups (broad SMARTS) is 1. The van der Waals surface area contributed by atoms with Crippen LogP contribution in [-0.4, -0.2) is 28.5 Å². The van der Waals surface area contributed by atoms with Gasteiger partial charge >= 0.3 is 5.97 Å². The zero-order valence-electron chi connectivity index (χ0n) is 10.8. The quantitative estimate of drug-likeness (QED) is 0.829. The number of hydrogen-bond acceptors (Lipinski definition) is 3. The Labute approximate surface area is 106 Å². The summed E-state index contributed by atoms with van der Waals surface area (Å²) in [4.78, 5) is 26.7. The molecular weight excluding hydrogens is 232 g/mol. The van der Waals surface area contributed by atoms with Crippen molar-refractivity contribution in [2.24, 2.45) is 11.8 Å². The number of aliphatic carboxylic acids is 1. The first-order valence-corrected chi connectivity index (χ1v) is 5.84. The molecule has 0 saturated carbocycles.